The first kappa shape index (κ1) is 38.5. The Morgan fingerprint density at radius 1 is 0.319 bits per heavy atom. The molecule has 0 saturated heterocycles. The molecule has 250 valence electrons. The fourth-order valence-electron chi connectivity index (χ4n) is 5.07. The standard InChI is InChI=1S/C25H24O2.C12H12O2.3C2H6/c1-26-24-12-10-20-14-18(6-8-22(20)16-24)4-3-5-19-7-9-23-17-25(27-2)13-11-21(23)15-19;1-13-11-5-3-9-4-6-12(14-2)8-10(9)7-11;3*1-2/h6-17H,3-5H2,1-2H3;3-8H,1-2H3;3*1-2H3. The van der Waals surface area contributed by atoms with Crippen LogP contribution in [0.3, 0.4) is 0 Å². The molecule has 0 bridgehead atoms. The third-order valence-electron chi connectivity index (χ3n) is 7.41. The lowest BCUT2D eigenvalue weighted by Gasteiger charge is -2.07. The molecule has 4 heteroatoms. The Kier molecular flexibility index (Phi) is 17.3. The molecule has 6 rings (SSSR count). The van der Waals surface area contributed by atoms with Crippen molar-refractivity contribution in [2.45, 2.75) is 60.8 Å². The van der Waals surface area contributed by atoms with E-state index in [1.807, 2.05) is 90.1 Å². The van der Waals surface area contributed by atoms with Crippen LogP contribution < -0.4 is 18.9 Å². The Labute approximate surface area is 283 Å². The van der Waals surface area contributed by atoms with Crippen molar-refractivity contribution in [1.82, 2.24) is 0 Å². The van der Waals surface area contributed by atoms with Gasteiger partial charge in [-0.3, -0.25) is 0 Å². The van der Waals surface area contributed by atoms with Crippen LogP contribution in [0.5, 0.6) is 23.0 Å². The first-order valence-corrected chi connectivity index (χ1v) is 16.8. The van der Waals surface area contributed by atoms with Crippen LogP contribution in [0.1, 0.15) is 59.1 Å². The zero-order valence-corrected chi connectivity index (χ0v) is 30.1. The Morgan fingerprint density at radius 2 is 0.596 bits per heavy atom. The Balaban J connectivity index is 0.000000323. The predicted molar refractivity (Wildman–Crippen MR) is 204 cm³/mol. The van der Waals surface area contributed by atoms with E-state index < -0.39 is 0 Å². The highest BCUT2D eigenvalue weighted by atomic mass is 16.5. The van der Waals surface area contributed by atoms with E-state index in [9.17, 15) is 0 Å². The minimum Gasteiger partial charge on any atom is -0.497 e. The van der Waals surface area contributed by atoms with Crippen molar-refractivity contribution in [1.29, 1.82) is 0 Å². The second-order valence-electron chi connectivity index (χ2n) is 10.0. The summed E-state index contributed by atoms with van der Waals surface area (Å²) >= 11 is 0. The zero-order chi connectivity index (χ0) is 34.6. The largest absolute Gasteiger partial charge is 0.497 e. The van der Waals surface area contributed by atoms with Gasteiger partial charge < -0.3 is 18.9 Å². The van der Waals surface area contributed by atoms with Crippen molar-refractivity contribution in [2.75, 3.05) is 28.4 Å². The summed E-state index contributed by atoms with van der Waals surface area (Å²) in [6, 6.07) is 37.9. The number of hydrogen-bond donors (Lipinski definition) is 0. The summed E-state index contributed by atoms with van der Waals surface area (Å²) in [6.07, 6.45) is 3.31. The lowest BCUT2D eigenvalue weighted by molar-refractivity contribution is 0.414. The van der Waals surface area contributed by atoms with Gasteiger partial charge in [0.15, 0.2) is 0 Å². The van der Waals surface area contributed by atoms with Gasteiger partial charge in [0.1, 0.15) is 23.0 Å². The van der Waals surface area contributed by atoms with Crippen LogP contribution in [-0.4, -0.2) is 28.4 Å². The number of hydrogen-bond acceptors (Lipinski definition) is 4. The molecule has 0 spiro atoms. The third kappa shape index (κ3) is 11.2. The normalized spacial score (nSPS) is 9.74. The van der Waals surface area contributed by atoms with Crippen molar-refractivity contribution in [3.63, 3.8) is 0 Å². The van der Waals surface area contributed by atoms with Crippen molar-refractivity contribution in [3.8, 4) is 23.0 Å². The number of methoxy groups -OCH3 is 4. The van der Waals surface area contributed by atoms with Gasteiger partial charge in [-0.25, -0.2) is 0 Å². The van der Waals surface area contributed by atoms with Gasteiger partial charge in [-0.15, -0.1) is 0 Å². The van der Waals surface area contributed by atoms with Gasteiger partial charge >= 0.3 is 0 Å². The van der Waals surface area contributed by atoms with Crippen LogP contribution in [0.25, 0.3) is 32.3 Å². The molecule has 0 aromatic heterocycles. The second kappa shape index (κ2) is 21.2. The van der Waals surface area contributed by atoms with Crippen LogP contribution in [0, 0.1) is 0 Å². The van der Waals surface area contributed by atoms with Crippen LogP contribution in [-0.2, 0) is 12.8 Å². The molecule has 0 unspecified atom stereocenters. The number of benzene rings is 6. The Hall–Kier alpha value is -4.70. The highest BCUT2D eigenvalue weighted by Crippen LogP contribution is 2.26. The smallest absolute Gasteiger partial charge is 0.119 e. The second-order valence-corrected chi connectivity index (χ2v) is 10.0. The maximum absolute atomic E-state index is 5.30. The fourth-order valence-corrected chi connectivity index (χ4v) is 5.07. The van der Waals surface area contributed by atoms with Gasteiger partial charge in [0, 0.05) is 0 Å². The van der Waals surface area contributed by atoms with Gasteiger partial charge in [0.2, 0.25) is 0 Å². The van der Waals surface area contributed by atoms with Crippen molar-refractivity contribution < 1.29 is 18.9 Å². The minimum absolute atomic E-state index is 0.866. The van der Waals surface area contributed by atoms with Gasteiger partial charge in [0.25, 0.3) is 0 Å². The molecule has 0 atom stereocenters. The van der Waals surface area contributed by atoms with Crippen LogP contribution in [0.4, 0.5) is 0 Å². The molecule has 0 aliphatic heterocycles. The highest BCUT2D eigenvalue weighted by Gasteiger charge is 2.03. The SMILES string of the molecule is CC.CC.CC.COc1ccc2cc(CCCc3ccc4cc(OC)ccc4c3)ccc2c1.COc1ccc2ccc(OC)cc2c1. The molecule has 0 fully saturated rings. The van der Waals surface area contributed by atoms with E-state index in [4.69, 9.17) is 18.9 Å². The van der Waals surface area contributed by atoms with E-state index in [0.29, 0.717) is 0 Å². The molecule has 0 heterocycles. The minimum atomic E-state index is 0.866. The molecule has 0 saturated carbocycles. The Morgan fingerprint density at radius 3 is 0.936 bits per heavy atom. The monoisotopic (exact) mass is 634 g/mol. The molecular formula is C43H54O4. The Bertz CT molecular complexity index is 1650. The molecule has 0 aliphatic carbocycles. The van der Waals surface area contributed by atoms with E-state index in [1.165, 1.54) is 38.1 Å². The van der Waals surface area contributed by atoms with E-state index in [-0.39, 0.29) is 0 Å². The van der Waals surface area contributed by atoms with Crippen molar-refractivity contribution >= 4 is 32.3 Å². The summed E-state index contributed by atoms with van der Waals surface area (Å²) in [6.45, 7) is 12.0. The van der Waals surface area contributed by atoms with Crippen molar-refractivity contribution in [3.05, 3.63) is 120 Å². The third-order valence-corrected chi connectivity index (χ3v) is 7.41. The maximum Gasteiger partial charge on any atom is 0.119 e. The summed E-state index contributed by atoms with van der Waals surface area (Å²) in [5.41, 5.74) is 2.77. The summed E-state index contributed by atoms with van der Waals surface area (Å²) in [7, 11) is 6.75. The summed E-state index contributed by atoms with van der Waals surface area (Å²) in [5.74, 6) is 3.55. The van der Waals surface area contributed by atoms with Gasteiger partial charge in [-0.1, -0.05) is 102 Å². The van der Waals surface area contributed by atoms with Crippen LogP contribution >= 0.6 is 0 Å². The lowest BCUT2D eigenvalue weighted by Crippen LogP contribution is -1.91. The molecule has 4 nitrogen and oxygen atoms in total. The van der Waals surface area contributed by atoms with Crippen LogP contribution in [0.15, 0.2) is 109 Å². The lowest BCUT2D eigenvalue weighted by atomic mass is 9.99. The molecule has 0 aliphatic rings. The molecule has 47 heavy (non-hydrogen) atoms. The molecule has 6 aromatic rings. The summed E-state index contributed by atoms with van der Waals surface area (Å²) < 4.78 is 20.9. The zero-order valence-electron chi connectivity index (χ0n) is 30.1. The number of rotatable bonds is 8. The van der Waals surface area contributed by atoms with E-state index in [0.717, 1.165) is 47.6 Å². The number of aryl methyl sites for hydroxylation is 2. The molecular weight excluding hydrogens is 580 g/mol. The van der Waals surface area contributed by atoms with Crippen LogP contribution in [0.2, 0.25) is 0 Å². The summed E-state index contributed by atoms with van der Waals surface area (Å²) in [5, 5.41) is 7.31. The quantitative estimate of drug-likeness (QED) is 0.167. The predicted octanol–water partition coefficient (Wildman–Crippen LogP) is 12.1. The summed E-state index contributed by atoms with van der Waals surface area (Å²) in [4.78, 5) is 0. The highest BCUT2D eigenvalue weighted by molar-refractivity contribution is 5.86. The first-order valence-electron chi connectivity index (χ1n) is 16.8. The van der Waals surface area contributed by atoms with E-state index in [1.54, 1.807) is 28.4 Å². The fraction of sp³-hybridized carbons (Fsp3) is 0.302. The average molecular weight is 635 g/mol. The average Bonchev–Trinajstić information content (AvgIpc) is 3.16. The van der Waals surface area contributed by atoms with Crippen molar-refractivity contribution in [2.24, 2.45) is 0 Å². The van der Waals surface area contributed by atoms with E-state index >= 15 is 0 Å². The molecule has 6 aromatic carbocycles. The topological polar surface area (TPSA) is 36.9 Å². The number of fused-ring (bicyclic) bond motifs is 3. The molecule has 0 radical (unpaired) electrons. The van der Waals surface area contributed by atoms with Gasteiger partial charge in [0.05, 0.1) is 28.4 Å². The maximum atomic E-state index is 5.30. The molecule has 0 N–H and O–H groups in total. The van der Waals surface area contributed by atoms with Gasteiger partial charge in [-0.2, -0.15) is 0 Å². The number of ether oxygens (including phenoxy) is 4. The van der Waals surface area contributed by atoms with E-state index in [2.05, 4.69) is 60.7 Å². The molecule has 0 amide bonds. The van der Waals surface area contributed by atoms with Gasteiger partial charge in [-0.05, 0) is 111 Å². The first-order chi connectivity index (χ1) is 23.1.